The van der Waals surface area contributed by atoms with Crippen LogP contribution in [0.3, 0.4) is 0 Å². The largest absolute Gasteiger partial charge is 0.497 e. The zero-order valence-corrected chi connectivity index (χ0v) is 23.8. The molecule has 0 saturated carbocycles. The van der Waals surface area contributed by atoms with Gasteiger partial charge >= 0.3 is 0 Å². The molecule has 0 radical (unpaired) electrons. The zero-order chi connectivity index (χ0) is 28.4. The van der Waals surface area contributed by atoms with Crippen molar-refractivity contribution in [2.75, 3.05) is 30.8 Å². The van der Waals surface area contributed by atoms with E-state index in [4.69, 9.17) is 4.74 Å². The first-order chi connectivity index (χ1) is 18.6. The molecule has 3 rings (SSSR count). The van der Waals surface area contributed by atoms with Gasteiger partial charge in [-0.05, 0) is 48.7 Å². The lowest BCUT2D eigenvalue weighted by atomic mass is 10.0. The van der Waals surface area contributed by atoms with Crippen LogP contribution in [-0.4, -0.2) is 57.6 Å². The maximum absolute atomic E-state index is 14.0. The molecule has 208 valence electrons. The summed E-state index contributed by atoms with van der Waals surface area (Å²) >= 11 is 0. The topological polar surface area (TPSA) is 96.0 Å². The molecule has 0 aliphatic carbocycles. The summed E-state index contributed by atoms with van der Waals surface area (Å²) < 4.78 is 31.9. The van der Waals surface area contributed by atoms with Crippen LogP contribution in [0.15, 0.2) is 78.9 Å². The molecule has 9 heteroatoms. The van der Waals surface area contributed by atoms with E-state index in [2.05, 4.69) is 5.32 Å². The summed E-state index contributed by atoms with van der Waals surface area (Å²) in [5.74, 6) is -0.198. The van der Waals surface area contributed by atoms with Crippen molar-refractivity contribution in [1.82, 2.24) is 10.2 Å². The van der Waals surface area contributed by atoms with E-state index in [0.29, 0.717) is 18.0 Å². The van der Waals surface area contributed by atoms with E-state index in [-0.39, 0.29) is 18.9 Å². The van der Waals surface area contributed by atoms with E-state index < -0.39 is 28.5 Å². The molecule has 39 heavy (non-hydrogen) atoms. The number of nitrogens with zero attached hydrogens (tertiary/aromatic N) is 2. The monoisotopic (exact) mass is 551 g/mol. The minimum Gasteiger partial charge on any atom is -0.497 e. The smallest absolute Gasteiger partial charge is 0.244 e. The zero-order valence-electron chi connectivity index (χ0n) is 23.0. The van der Waals surface area contributed by atoms with E-state index in [0.717, 1.165) is 33.7 Å². The van der Waals surface area contributed by atoms with Gasteiger partial charge in [0.25, 0.3) is 0 Å². The normalized spacial score (nSPS) is 11.9. The average Bonchev–Trinajstić information content (AvgIpc) is 2.93. The van der Waals surface area contributed by atoms with Gasteiger partial charge in [-0.2, -0.15) is 0 Å². The molecule has 0 heterocycles. The third kappa shape index (κ3) is 8.58. The van der Waals surface area contributed by atoms with E-state index in [1.54, 1.807) is 24.3 Å². The number of rotatable bonds is 13. The summed E-state index contributed by atoms with van der Waals surface area (Å²) in [4.78, 5) is 29.0. The number of methoxy groups -OCH3 is 1. The second-order valence-electron chi connectivity index (χ2n) is 9.47. The SMILES string of the molecule is CCCNC(=O)[C@@H](Cc1ccccc1)N(Cc1ccc(C)cc1)C(=O)CN(c1ccc(OC)cc1)S(C)(=O)=O. The van der Waals surface area contributed by atoms with Crippen molar-refractivity contribution in [2.45, 2.75) is 39.3 Å². The molecule has 2 amide bonds. The number of amides is 2. The Balaban J connectivity index is 2.02. The van der Waals surface area contributed by atoms with Crippen molar-refractivity contribution in [3.05, 3.63) is 95.6 Å². The molecule has 0 aliphatic rings. The highest BCUT2D eigenvalue weighted by Crippen LogP contribution is 2.23. The Bertz CT molecular complexity index is 1330. The predicted molar refractivity (Wildman–Crippen MR) is 154 cm³/mol. The summed E-state index contributed by atoms with van der Waals surface area (Å²) in [5, 5.41) is 2.93. The Morgan fingerprint density at radius 3 is 2.13 bits per heavy atom. The third-order valence-electron chi connectivity index (χ3n) is 6.33. The fourth-order valence-corrected chi connectivity index (χ4v) is 5.02. The van der Waals surface area contributed by atoms with Crippen LogP contribution < -0.4 is 14.4 Å². The number of hydrogen-bond acceptors (Lipinski definition) is 5. The van der Waals surface area contributed by atoms with E-state index in [1.807, 2.05) is 68.4 Å². The molecule has 3 aromatic rings. The van der Waals surface area contributed by atoms with Gasteiger partial charge in [0.1, 0.15) is 18.3 Å². The third-order valence-corrected chi connectivity index (χ3v) is 7.47. The molecule has 3 aromatic carbocycles. The van der Waals surface area contributed by atoms with Crippen LogP contribution in [0.1, 0.15) is 30.0 Å². The number of hydrogen-bond donors (Lipinski definition) is 1. The molecule has 0 fully saturated rings. The first kappa shape index (κ1) is 29.7. The van der Waals surface area contributed by atoms with Crippen molar-refractivity contribution in [2.24, 2.45) is 0 Å². The molecule has 0 aromatic heterocycles. The number of sulfonamides is 1. The van der Waals surface area contributed by atoms with E-state index in [9.17, 15) is 18.0 Å². The number of benzene rings is 3. The molecular formula is C30H37N3O5S. The van der Waals surface area contributed by atoms with Crippen LogP contribution in [0, 0.1) is 6.92 Å². The van der Waals surface area contributed by atoms with Crippen molar-refractivity contribution < 1.29 is 22.7 Å². The fourth-order valence-electron chi connectivity index (χ4n) is 4.17. The molecule has 0 unspecified atom stereocenters. The quantitative estimate of drug-likeness (QED) is 0.347. The van der Waals surface area contributed by atoms with Gasteiger partial charge in [0.2, 0.25) is 21.8 Å². The lowest BCUT2D eigenvalue weighted by Crippen LogP contribution is -2.53. The molecule has 0 saturated heterocycles. The summed E-state index contributed by atoms with van der Waals surface area (Å²) in [6.07, 6.45) is 2.09. The van der Waals surface area contributed by atoms with Gasteiger partial charge < -0.3 is 15.0 Å². The number of ether oxygens (including phenoxy) is 1. The van der Waals surface area contributed by atoms with Crippen LogP contribution in [0.4, 0.5) is 5.69 Å². The number of anilines is 1. The fraction of sp³-hybridized carbons (Fsp3) is 0.333. The summed E-state index contributed by atoms with van der Waals surface area (Å²) in [6.45, 7) is 4.10. The van der Waals surface area contributed by atoms with Crippen LogP contribution in [-0.2, 0) is 32.6 Å². The molecular weight excluding hydrogens is 514 g/mol. The minimum atomic E-state index is -3.82. The predicted octanol–water partition coefficient (Wildman–Crippen LogP) is 3.94. The van der Waals surface area contributed by atoms with Gasteiger partial charge in [-0.25, -0.2) is 8.42 Å². The van der Waals surface area contributed by atoms with Gasteiger partial charge in [0.05, 0.1) is 19.1 Å². The summed E-state index contributed by atoms with van der Waals surface area (Å²) in [7, 11) is -2.30. The number of carbonyl (C=O) groups is 2. The lowest BCUT2D eigenvalue weighted by Gasteiger charge is -2.33. The minimum absolute atomic E-state index is 0.149. The maximum Gasteiger partial charge on any atom is 0.244 e. The van der Waals surface area contributed by atoms with Crippen molar-refractivity contribution in [3.8, 4) is 5.75 Å². The first-order valence-corrected chi connectivity index (χ1v) is 14.8. The molecule has 1 atom stereocenters. The summed E-state index contributed by atoms with van der Waals surface area (Å²) in [6, 6.07) is 22.8. The van der Waals surface area contributed by atoms with E-state index in [1.165, 1.54) is 12.0 Å². The van der Waals surface area contributed by atoms with Gasteiger partial charge in [-0.1, -0.05) is 67.1 Å². The Morgan fingerprint density at radius 2 is 1.56 bits per heavy atom. The Kier molecular flexibility index (Phi) is 10.5. The molecule has 0 aliphatic heterocycles. The molecule has 0 spiro atoms. The van der Waals surface area contributed by atoms with Crippen molar-refractivity contribution in [3.63, 3.8) is 0 Å². The second-order valence-corrected chi connectivity index (χ2v) is 11.4. The Morgan fingerprint density at radius 1 is 0.923 bits per heavy atom. The van der Waals surface area contributed by atoms with E-state index >= 15 is 0 Å². The Hall–Kier alpha value is -3.85. The lowest BCUT2D eigenvalue weighted by molar-refractivity contribution is -0.140. The van der Waals surface area contributed by atoms with Crippen LogP contribution in [0.25, 0.3) is 0 Å². The molecule has 1 N–H and O–H groups in total. The highest BCUT2D eigenvalue weighted by Gasteiger charge is 2.32. The summed E-state index contributed by atoms with van der Waals surface area (Å²) in [5.41, 5.74) is 3.13. The van der Waals surface area contributed by atoms with Gasteiger partial charge in [0, 0.05) is 19.5 Å². The second kappa shape index (κ2) is 13.8. The van der Waals surface area contributed by atoms with Crippen molar-refractivity contribution in [1.29, 1.82) is 0 Å². The van der Waals surface area contributed by atoms with Crippen LogP contribution in [0.2, 0.25) is 0 Å². The molecule has 8 nitrogen and oxygen atoms in total. The van der Waals surface area contributed by atoms with Crippen LogP contribution in [0.5, 0.6) is 5.75 Å². The van der Waals surface area contributed by atoms with Gasteiger partial charge in [-0.3, -0.25) is 13.9 Å². The number of aryl methyl sites for hydroxylation is 1. The maximum atomic E-state index is 14.0. The highest BCUT2D eigenvalue weighted by atomic mass is 32.2. The van der Waals surface area contributed by atoms with Crippen LogP contribution >= 0.6 is 0 Å². The van der Waals surface area contributed by atoms with Gasteiger partial charge in [0.15, 0.2) is 0 Å². The highest BCUT2D eigenvalue weighted by molar-refractivity contribution is 7.92. The van der Waals surface area contributed by atoms with Crippen molar-refractivity contribution >= 4 is 27.5 Å². The average molecular weight is 552 g/mol. The number of nitrogens with one attached hydrogen (secondary N) is 1. The molecule has 0 bridgehead atoms. The van der Waals surface area contributed by atoms with Gasteiger partial charge in [-0.15, -0.1) is 0 Å². The first-order valence-electron chi connectivity index (χ1n) is 12.9. The number of carbonyl (C=O) groups excluding carboxylic acids is 2. The Labute approximate surface area is 231 Å². The standard InChI is InChI=1S/C30H37N3O5S/c1-5-19-31-30(35)28(20-24-9-7-6-8-10-24)32(21-25-13-11-23(2)12-14-25)29(34)22-33(39(4,36)37)26-15-17-27(38-3)18-16-26/h6-18,28H,5,19-22H2,1-4H3,(H,31,35)/t28-/m1/s1.